The van der Waals surface area contributed by atoms with Crippen LogP contribution >= 0.6 is 0 Å². The van der Waals surface area contributed by atoms with E-state index in [4.69, 9.17) is 0 Å². The fraction of sp³-hybridized carbons (Fsp3) is 0.941. The van der Waals surface area contributed by atoms with Crippen molar-refractivity contribution in [1.82, 2.24) is 15.1 Å². The highest BCUT2D eigenvalue weighted by Crippen LogP contribution is 2.36. The van der Waals surface area contributed by atoms with Gasteiger partial charge in [-0.25, -0.2) is 0 Å². The highest BCUT2D eigenvalue weighted by molar-refractivity contribution is 5.85. The molecule has 120 valence electrons. The van der Waals surface area contributed by atoms with Gasteiger partial charge in [-0.05, 0) is 37.6 Å². The molecule has 5 unspecified atom stereocenters. The first kappa shape index (κ1) is 15.3. The van der Waals surface area contributed by atoms with Crippen LogP contribution in [0.5, 0.6) is 0 Å². The van der Waals surface area contributed by atoms with E-state index in [-0.39, 0.29) is 12.2 Å². The molecule has 3 aliphatic rings. The van der Waals surface area contributed by atoms with Crippen LogP contribution in [0.2, 0.25) is 0 Å². The second-order valence-corrected chi connectivity index (χ2v) is 7.57. The molecule has 3 heterocycles. The number of nitrogens with one attached hydrogen (secondary N) is 1. The molecule has 3 fully saturated rings. The highest BCUT2D eigenvalue weighted by Gasteiger charge is 2.50. The lowest BCUT2D eigenvalue weighted by Crippen LogP contribution is -2.51. The first-order valence-corrected chi connectivity index (χ1v) is 8.86. The molecule has 3 saturated heterocycles. The molecule has 5 atom stereocenters. The van der Waals surface area contributed by atoms with Crippen LogP contribution < -0.4 is 5.32 Å². The third-order valence-corrected chi connectivity index (χ3v) is 5.94. The largest absolute Gasteiger partial charge is 0.321 e. The quantitative estimate of drug-likeness (QED) is 0.862. The minimum absolute atomic E-state index is 0.0258. The van der Waals surface area contributed by atoms with Gasteiger partial charge in [-0.2, -0.15) is 0 Å². The Morgan fingerprint density at radius 1 is 1.19 bits per heavy atom. The van der Waals surface area contributed by atoms with Crippen LogP contribution in [-0.2, 0) is 4.79 Å². The van der Waals surface area contributed by atoms with Gasteiger partial charge in [-0.15, -0.1) is 0 Å². The first-order valence-electron chi connectivity index (χ1n) is 8.86. The fourth-order valence-electron chi connectivity index (χ4n) is 4.54. The maximum Gasteiger partial charge on any atom is 0.241 e. The monoisotopic (exact) mass is 293 g/mol. The average Bonchev–Trinajstić information content (AvgIpc) is 3.11. The lowest BCUT2D eigenvalue weighted by atomic mass is 9.98. The normalized spacial score (nSPS) is 38.5. The lowest BCUT2D eigenvalue weighted by molar-refractivity contribution is -0.134. The topological polar surface area (TPSA) is 35.6 Å². The summed E-state index contributed by atoms with van der Waals surface area (Å²) in [6, 6.07) is 1.08. The summed E-state index contributed by atoms with van der Waals surface area (Å²) < 4.78 is 0. The third-order valence-electron chi connectivity index (χ3n) is 5.94. The van der Waals surface area contributed by atoms with Gasteiger partial charge in [0.05, 0.1) is 18.2 Å². The highest BCUT2D eigenvalue weighted by atomic mass is 16.2. The van der Waals surface area contributed by atoms with Crippen LogP contribution in [0, 0.1) is 11.8 Å². The van der Waals surface area contributed by atoms with E-state index in [0.29, 0.717) is 29.8 Å². The Labute approximate surface area is 129 Å². The van der Waals surface area contributed by atoms with E-state index >= 15 is 0 Å². The number of amides is 1. The van der Waals surface area contributed by atoms with E-state index in [2.05, 4.69) is 42.8 Å². The second-order valence-electron chi connectivity index (χ2n) is 7.57. The van der Waals surface area contributed by atoms with Gasteiger partial charge >= 0.3 is 0 Å². The smallest absolute Gasteiger partial charge is 0.241 e. The predicted octanol–water partition coefficient (Wildman–Crippen LogP) is 2.05. The molecule has 3 rings (SSSR count). The van der Waals surface area contributed by atoms with E-state index < -0.39 is 0 Å². The predicted molar refractivity (Wildman–Crippen MR) is 84.9 cm³/mol. The molecule has 21 heavy (non-hydrogen) atoms. The third kappa shape index (κ3) is 2.50. The van der Waals surface area contributed by atoms with Gasteiger partial charge in [-0.3, -0.25) is 15.0 Å². The molecule has 0 aromatic carbocycles. The molecule has 0 aliphatic carbocycles. The minimum Gasteiger partial charge on any atom is -0.321 e. The minimum atomic E-state index is 0.0258. The zero-order chi connectivity index (χ0) is 15.1. The Hall–Kier alpha value is -0.610. The van der Waals surface area contributed by atoms with E-state index in [1.165, 1.54) is 25.9 Å². The van der Waals surface area contributed by atoms with Crippen LogP contribution in [0.25, 0.3) is 0 Å². The number of hydrogen-bond donors (Lipinski definition) is 1. The summed E-state index contributed by atoms with van der Waals surface area (Å²) in [6.45, 7) is 11.3. The number of rotatable bonds is 4. The first-order chi connectivity index (χ1) is 10.0. The van der Waals surface area contributed by atoms with Crippen molar-refractivity contribution in [1.29, 1.82) is 0 Å². The van der Waals surface area contributed by atoms with E-state index in [1.54, 1.807) is 0 Å². The van der Waals surface area contributed by atoms with Crippen molar-refractivity contribution >= 4 is 5.91 Å². The molecule has 3 aliphatic heterocycles. The SMILES string of the molecule is CCC(C)C1NC(C(C)C)N(C2CCN3CCCC23)C1=O. The molecule has 0 spiro atoms. The molecule has 0 bridgehead atoms. The second kappa shape index (κ2) is 5.88. The Balaban J connectivity index is 1.82. The van der Waals surface area contributed by atoms with Crippen LogP contribution in [0.4, 0.5) is 0 Å². The zero-order valence-electron chi connectivity index (χ0n) is 14.0. The van der Waals surface area contributed by atoms with Gasteiger partial charge in [0.15, 0.2) is 0 Å². The van der Waals surface area contributed by atoms with Crippen LogP contribution in [-0.4, -0.2) is 53.1 Å². The Kier molecular flexibility index (Phi) is 4.28. The molecule has 0 saturated carbocycles. The standard InChI is InChI=1S/C17H31N3O/c1-5-12(4)15-17(21)20(16(18-15)11(2)3)14-8-10-19-9-6-7-13(14)19/h11-16,18H,5-10H2,1-4H3. The molecule has 0 aromatic heterocycles. The zero-order valence-corrected chi connectivity index (χ0v) is 14.0. The summed E-state index contributed by atoms with van der Waals surface area (Å²) in [6.07, 6.45) is 5.02. The summed E-state index contributed by atoms with van der Waals surface area (Å²) in [5.74, 6) is 1.25. The van der Waals surface area contributed by atoms with E-state index in [9.17, 15) is 4.79 Å². The number of nitrogens with zero attached hydrogens (tertiary/aromatic N) is 2. The van der Waals surface area contributed by atoms with Crippen molar-refractivity contribution in [2.75, 3.05) is 13.1 Å². The molecule has 1 N–H and O–H groups in total. The van der Waals surface area contributed by atoms with Gasteiger partial charge in [0, 0.05) is 12.6 Å². The summed E-state index contributed by atoms with van der Waals surface area (Å²) >= 11 is 0. The Morgan fingerprint density at radius 2 is 1.95 bits per heavy atom. The van der Waals surface area contributed by atoms with Crippen molar-refractivity contribution in [3.8, 4) is 0 Å². The van der Waals surface area contributed by atoms with Gasteiger partial charge in [0.25, 0.3) is 0 Å². The molecular weight excluding hydrogens is 262 g/mol. The van der Waals surface area contributed by atoms with Gasteiger partial charge in [-0.1, -0.05) is 34.1 Å². The number of hydrogen-bond acceptors (Lipinski definition) is 3. The van der Waals surface area contributed by atoms with Crippen molar-refractivity contribution in [3.63, 3.8) is 0 Å². The van der Waals surface area contributed by atoms with Crippen LogP contribution in [0.3, 0.4) is 0 Å². The molecular formula is C17H31N3O. The summed E-state index contributed by atoms with van der Waals surface area (Å²) in [5.41, 5.74) is 0. The molecule has 0 aromatic rings. The number of carbonyl (C=O) groups excluding carboxylic acids is 1. The van der Waals surface area contributed by atoms with Crippen molar-refractivity contribution in [3.05, 3.63) is 0 Å². The van der Waals surface area contributed by atoms with Crippen LogP contribution in [0.15, 0.2) is 0 Å². The van der Waals surface area contributed by atoms with Gasteiger partial charge in [0.1, 0.15) is 0 Å². The van der Waals surface area contributed by atoms with Gasteiger partial charge < -0.3 is 4.90 Å². The maximum absolute atomic E-state index is 13.0. The van der Waals surface area contributed by atoms with Crippen LogP contribution in [0.1, 0.15) is 53.4 Å². The molecule has 4 heteroatoms. The lowest BCUT2D eigenvalue weighted by Gasteiger charge is -2.35. The maximum atomic E-state index is 13.0. The average molecular weight is 293 g/mol. The molecule has 4 nitrogen and oxygen atoms in total. The summed E-state index contributed by atoms with van der Waals surface area (Å²) in [4.78, 5) is 17.9. The van der Waals surface area contributed by atoms with Crippen molar-refractivity contribution in [2.24, 2.45) is 11.8 Å². The Bertz CT molecular complexity index is 397. The number of fused-ring (bicyclic) bond motifs is 1. The Morgan fingerprint density at radius 3 is 2.62 bits per heavy atom. The van der Waals surface area contributed by atoms with Crippen molar-refractivity contribution < 1.29 is 4.79 Å². The van der Waals surface area contributed by atoms with E-state index in [1.807, 2.05) is 0 Å². The van der Waals surface area contributed by atoms with E-state index in [0.717, 1.165) is 12.8 Å². The molecule has 1 amide bonds. The number of carbonyl (C=O) groups is 1. The van der Waals surface area contributed by atoms with Crippen molar-refractivity contribution in [2.45, 2.75) is 77.7 Å². The summed E-state index contributed by atoms with van der Waals surface area (Å²) in [5, 5.41) is 3.66. The van der Waals surface area contributed by atoms with Gasteiger partial charge in [0.2, 0.25) is 5.91 Å². The fourth-order valence-corrected chi connectivity index (χ4v) is 4.54. The summed E-state index contributed by atoms with van der Waals surface area (Å²) in [7, 11) is 0. The molecule has 0 radical (unpaired) electrons.